The van der Waals surface area contributed by atoms with Crippen LogP contribution in [0.25, 0.3) is 10.2 Å². The number of benzene rings is 3. The molecule has 4 aromatic rings. The normalized spacial score (nSPS) is 10.9. The molecule has 0 radical (unpaired) electrons. The fourth-order valence-corrected chi connectivity index (χ4v) is 4.31. The van der Waals surface area contributed by atoms with Crippen molar-refractivity contribution in [3.8, 4) is 5.75 Å². The fourth-order valence-electron chi connectivity index (χ4n) is 2.99. The molecule has 1 heterocycles. The van der Waals surface area contributed by atoms with Crippen LogP contribution in [0.2, 0.25) is 10.0 Å². The molecule has 0 saturated heterocycles. The second kappa shape index (κ2) is 9.04. The van der Waals surface area contributed by atoms with Gasteiger partial charge in [-0.2, -0.15) is 0 Å². The summed E-state index contributed by atoms with van der Waals surface area (Å²) in [5.41, 5.74) is 2.72. The zero-order valence-corrected chi connectivity index (χ0v) is 18.5. The van der Waals surface area contributed by atoms with E-state index >= 15 is 0 Å². The molecule has 0 aliphatic carbocycles. The molecule has 0 unspecified atom stereocenters. The highest BCUT2D eigenvalue weighted by Crippen LogP contribution is 2.34. The van der Waals surface area contributed by atoms with Crippen LogP contribution in [0.1, 0.15) is 11.1 Å². The van der Waals surface area contributed by atoms with Gasteiger partial charge in [-0.05, 0) is 54.4 Å². The number of halogens is 2. The molecule has 1 aromatic heterocycles. The summed E-state index contributed by atoms with van der Waals surface area (Å²) >= 11 is 13.6. The highest BCUT2D eigenvalue weighted by molar-refractivity contribution is 7.22. The largest absolute Gasteiger partial charge is 0.484 e. The van der Waals surface area contributed by atoms with E-state index in [1.54, 1.807) is 29.2 Å². The van der Waals surface area contributed by atoms with Crippen LogP contribution < -0.4 is 9.64 Å². The molecule has 4 nitrogen and oxygen atoms in total. The predicted molar refractivity (Wildman–Crippen MR) is 124 cm³/mol. The summed E-state index contributed by atoms with van der Waals surface area (Å²) < 4.78 is 6.67. The number of aromatic nitrogens is 1. The molecule has 0 fully saturated rings. The van der Waals surface area contributed by atoms with Gasteiger partial charge in [0, 0.05) is 10.0 Å². The Hall–Kier alpha value is -2.60. The summed E-state index contributed by atoms with van der Waals surface area (Å²) in [7, 11) is 0. The minimum Gasteiger partial charge on any atom is -0.484 e. The molecule has 0 aliphatic heterocycles. The fraction of sp³-hybridized carbons (Fsp3) is 0.130. The highest BCUT2D eigenvalue weighted by atomic mass is 35.5. The van der Waals surface area contributed by atoms with Crippen molar-refractivity contribution in [2.24, 2.45) is 0 Å². The van der Waals surface area contributed by atoms with Gasteiger partial charge in [0.1, 0.15) is 5.75 Å². The van der Waals surface area contributed by atoms with Gasteiger partial charge in [-0.15, -0.1) is 0 Å². The van der Waals surface area contributed by atoms with Gasteiger partial charge in [-0.3, -0.25) is 9.69 Å². The van der Waals surface area contributed by atoms with Crippen molar-refractivity contribution >= 4 is 55.8 Å². The van der Waals surface area contributed by atoms with Crippen LogP contribution in [0.4, 0.5) is 5.13 Å². The lowest BCUT2D eigenvalue weighted by atomic mass is 10.2. The third-order valence-electron chi connectivity index (χ3n) is 4.63. The zero-order chi connectivity index (χ0) is 21.1. The number of thiazole rings is 1. The molecule has 0 N–H and O–H groups in total. The van der Waals surface area contributed by atoms with E-state index in [9.17, 15) is 4.79 Å². The Morgan fingerprint density at radius 1 is 1.03 bits per heavy atom. The molecule has 3 aromatic carbocycles. The first-order valence-corrected chi connectivity index (χ1v) is 10.9. The molecule has 0 atom stereocenters. The molecule has 0 aliphatic rings. The Bertz CT molecular complexity index is 1180. The second-order valence-corrected chi connectivity index (χ2v) is 8.58. The van der Waals surface area contributed by atoms with E-state index in [4.69, 9.17) is 32.9 Å². The van der Waals surface area contributed by atoms with E-state index in [1.807, 2.05) is 49.4 Å². The zero-order valence-electron chi connectivity index (χ0n) is 16.1. The van der Waals surface area contributed by atoms with Gasteiger partial charge in [0.25, 0.3) is 5.91 Å². The summed E-state index contributed by atoms with van der Waals surface area (Å²) in [6.07, 6.45) is 0. The van der Waals surface area contributed by atoms with E-state index in [0.29, 0.717) is 27.5 Å². The molecule has 0 saturated carbocycles. The predicted octanol–water partition coefficient (Wildman–Crippen LogP) is 6.52. The molecule has 152 valence electrons. The number of carbonyl (C=O) groups excluding carboxylic acids is 1. The summed E-state index contributed by atoms with van der Waals surface area (Å²) in [5, 5.41) is 1.89. The average molecular weight is 457 g/mol. The Labute approximate surface area is 188 Å². The van der Waals surface area contributed by atoms with Crippen molar-refractivity contribution in [2.45, 2.75) is 13.5 Å². The van der Waals surface area contributed by atoms with Crippen molar-refractivity contribution in [3.05, 3.63) is 87.9 Å². The van der Waals surface area contributed by atoms with Crippen molar-refractivity contribution in [3.63, 3.8) is 0 Å². The van der Waals surface area contributed by atoms with Gasteiger partial charge in [-0.1, -0.05) is 64.9 Å². The first-order valence-electron chi connectivity index (χ1n) is 9.29. The van der Waals surface area contributed by atoms with Gasteiger partial charge in [0.05, 0.1) is 16.8 Å². The summed E-state index contributed by atoms with van der Waals surface area (Å²) in [5.74, 6) is 0.399. The lowest BCUT2D eigenvalue weighted by molar-refractivity contribution is -0.120. The van der Waals surface area contributed by atoms with E-state index in [1.165, 1.54) is 11.3 Å². The van der Waals surface area contributed by atoms with Gasteiger partial charge >= 0.3 is 0 Å². The molecule has 0 bridgehead atoms. The molecule has 4 rings (SSSR count). The molecular weight excluding hydrogens is 439 g/mol. The van der Waals surface area contributed by atoms with E-state index in [0.717, 1.165) is 21.3 Å². The minimum absolute atomic E-state index is 0.107. The summed E-state index contributed by atoms with van der Waals surface area (Å²) in [6.45, 7) is 2.22. The molecule has 30 heavy (non-hydrogen) atoms. The van der Waals surface area contributed by atoms with Crippen molar-refractivity contribution in [1.82, 2.24) is 4.98 Å². The van der Waals surface area contributed by atoms with Gasteiger partial charge in [0.2, 0.25) is 0 Å². The SMILES string of the molecule is Cc1c(Cl)ccc2sc(N(Cc3ccccc3)C(=O)COc3ccc(Cl)cc3)nc12. The number of anilines is 1. The quantitative estimate of drug-likeness (QED) is 0.331. The number of nitrogens with zero attached hydrogens (tertiary/aromatic N) is 2. The first-order chi connectivity index (χ1) is 14.5. The number of carbonyl (C=O) groups is 1. The van der Waals surface area contributed by atoms with Gasteiger partial charge in [-0.25, -0.2) is 4.98 Å². The number of hydrogen-bond acceptors (Lipinski definition) is 4. The molecule has 7 heteroatoms. The van der Waals surface area contributed by atoms with Crippen molar-refractivity contribution < 1.29 is 9.53 Å². The Morgan fingerprint density at radius 3 is 2.50 bits per heavy atom. The third-order valence-corrected chi connectivity index (χ3v) is 6.33. The number of amides is 1. The maximum absolute atomic E-state index is 13.1. The third kappa shape index (κ3) is 4.59. The summed E-state index contributed by atoms with van der Waals surface area (Å²) in [4.78, 5) is 19.5. The molecular formula is C23H18Cl2N2O2S. The molecule has 0 spiro atoms. The van der Waals surface area contributed by atoms with Crippen LogP contribution in [0, 0.1) is 6.92 Å². The lowest BCUT2D eigenvalue weighted by Crippen LogP contribution is -2.34. The molecule has 1 amide bonds. The number of ether oxygens (including phenoxy) is 1. The van der Waals surface area contributed by atoms with E-state index in [-0.39, 0.29) is 12.5 Å². The summed E-state index contributed by atoms with van der Waals surface area (Å²) in [6, 6.07) is 20.5. The van der Waals surface area contributed by atoms with Crippen LogP contribution in [0.5, 0.6) is 5.75 Å². The number of aryl methyl sites for hydroxylation is 1. The topological polar surface area (TPSA) is 42.4 Å². The van der Waals surface area contributed by atoms with E-state index < -0.39 is 0 Å². The van der Waals surface area contributed by atoms with Crippen molar-refractivity contribution in [1.29, 1.82) is 0 Å². The standard InChI is InChI=1S/C23H18Cl2N2O2S/c1-15-19(25)11-12-20-22(15)26-23(30-20)27(13-16-5-3-2-4-6-16)21(28)14-29-18-9-7-17(24)8-10-18/h2-12H,13-14H2,1H3. The van der Waals surface area contributed by atoms with Crippen LogP contribution in [0.3, 0.4) is 0 Å². The number of fused-ring (bicyclic) bond motifs is 1. The Kier molecular flexibility index (Phi) is 6.23. The lowest BCUT2D eigenvalue weighted by Gasteiger charge is -2.20. The number of rotatable bonds is 6. The van der Waals surface area contributed by atoms with E-state index in [2.05, 4.69) is 0 Å². The number of hydrogen-bond donors (Lipinski definition) is 0. The Morgan fingerprint density at radius 2 is 1.77 bits per heavy atom. The minimum atomic E-state index is -0.184. The highest BCUT2D eigenvalue weighted by Gasteiger charge is 2.21. The first kappa shape index (κ1) is 20.7. The van der Waals surface area contributed by atoms with Gasteiger partial charge < -0.3 is 4.74 Å². The van der Waals surface area contributed by atoms with Crippen LogP contribution in [0.15, 0.2) is 66.7 Å². The van der Waals surface area contributed by atoms with Crippen LogP contribution >= 0.6 is 34.5 Å². The van der Waals surface area contributed by atoms with Gasteiger partial charge in [0.15, 0.2) is 11.7 Å². The average Bonchev–Trinajstić information content (AvgIpc) is 3.19. The maximum atomic E-state index is 13.1. The van der Waals surface area contributed by atoms with Crippen LogP contribution in [-0.2, 0) is 11.3 Å². The maximum Gasteiger partial charge on any atom is 0.267 e. The smallest absolute Gasteiger partial charge is 0.267 e. The Balaban J connectivity index is 1.63. The second-order valence-electron chi connectivity index (χ2n) is 6.72. The van der Waals surface area contributed by atoms with Crippen LogP contribution in [-0.4, -0.2) is 17.5 Å². The monoisotopic (exact) mass is 456 g/mol. The van der Waals surface area contributed by atoms with Crippen molar-refractivity contribution in [2.75, 3.05) is 11.5 Å².